The van der Waals surface area contributed by atoms with E-state index in [0.717, 1.165) is 29.0 Å². The molecule has 1 saturated heterocycles. The minimum Gasteiger partial charge on any atom is -0.497 e. The van der Waals surface area contributed by atoms with Gasteiger partial charge in [-0.2, -0.15) is 0 Å². The number of hydrogen-bond acceptors (Lipinski definition) is 7. The zero-order valence-electron chi connectivity index (χ0n) is 17.1. The van der Waals surface area contributed by atoms with Crippen LogP contribution < -0.4 is 9.47 Å². The highest BCUT2D eigenvalue weighted by Crippen LogP contribution is 2.34. The molecule has 0 saturated carbocycles. The first kappa shape index (κ1) is 23.5. The van der Waals surface area contributed by atoms with Crippen molar-refractivity contribution in [3.05, 3.63) is 59.7 Å². The summed E-state index contributed by atoms with van der Waals surface area (Å²) in [7, 11) is 4.90. The van der Waals surface area contributed by atoms with Crippen LogP contribution in [-0.2, 0) is 22.7 Å². The van der Waals surface area contributed by atoms with Crippen molar-refractivity contribution in [1.82, 2.24) is 0 Å². The third-order valence-electron chi connectivity index (χ3n) is 4.45. The van der Waals surface area contributed by atoms with Crippen LogP contribution in [0, 0.1) is 0 Å². The van der Waals surface area contributed by atoms with Crippen LogP contribution in [0.15, 0.2) is 48.5 Å². The molecular weight excluding hydrogens is 392 g/mol. The Morgan fingerprint density at radius 3 is 1.90 bits per heavy atom. The molecule has 1 aliphatic heterocycles. The molecule has 0 aromatic heterocycles. The second-order valence-electron chi connectivity index (χ2n) is 6.53. The number of rotatable bonds is 8. The van der Waals surface area contributed by atoms with Gasteiger partial charge in [0.25, 0.3) is 0 Å². The molecule has 0 aliphatic carbocycles. The van der Waals surface area contributed by atoms with Gasteiger partial charge >= 0.3 is 0 Å². The monoisotopic (exact) mass is 422 g/mol. The molecular formula is C22H30O6S. The van der Waals surface area contributed by atoms with Gasteiger partial charge in [0, 0.05) is 12.4 Å². The summed E-state index contributed by atoms with van der Waals surface area (Å²) in [6, 6.07) is 15.1. The van der Waals surface area contributed by atoms with E-state index in [1.807, 2.05) is 48.5 Å². The van der Waals surface area contributed by atoms with Crippen LogP contribution in [0.5, 0.6) is 11.5 Å². The maximum Gasteiger partial charge on any atom is 0.129 e. The molecule has 3 atom stereocenters. The third-order valence-corrected chi connectivity index (χ3v) is 5.94. The van der Waals surface area contributed by atoms with E-state index in [-0.39, 0.29) is 18.1 Å². The molecule has 0 radical (unpaired) electrons. The minimum atomic E-state index is -0.385. The predicted octanol–water partition coefficient (Wildman–Crippen LogP) is 3.24. The second-order valence-corrected chi connectivity index (χ2v) is 7.94. The molecule has 2 N–H and O–H groups in total. The molecule has 0 bridgehead atoms. The highest BCUT2D eigenvalue weighted by atomic mass is 32.2. The maximum absolute atomic E-state index is 9.72. The van der Waals surface area contributed by atoms with Crippen molar-refractivity contribution in [3.63, 3.8) is 0 Å². The minimum absolute atomic E-state index is 0.0873. The van der Waals surface area contributed by atoms with Gasteiger partial charge in [0.2, 0.25) is 0 Å². The van der Waals surface area contributed by atoms with E-state index in [1.54, 1.807) is 33.1 Å². The van der Waals surface area contributed by atoms with Crippen LogP contribution in [0.25, 0.3) is 0 Å². The molecule has 0 amide bonds. The number of aliphatic hydroxyl groups excluding tert-OH is 2. The Morgan fingerprint density at radius 2 is 1.45 bits per heavy atom. The van der Waals surface area contributed by atoms with Gasteiger partial charge in [0.05, 0.1) is 40.1 Å². The molecule has 3 unspecified atom stereocenters. The summed E-state index contributed by atoms with van der Waals surface area (Å²) in [4.78, 5) is 0. The van der Waals surface area contributed by atoms with Gasteiger partial charge in [-0.15, -0.1) is 11.8 Å². The summed E-state index contributed by atoms with van der Waals surface area (Å²) in [6.07, 6.45) is 0.343. The van der Waals surface area contributed by atoms with Gasteiger partial charge < -0.3 is 29.2 Å². The molecule has 0 spiro atoms. The molecule has 1 aliphatic rings. The Hall–Kier alpha value is -1.77. The second kappa shape index (κ2) is 12.7. The quantitative estimate of drug-likeness (QED) is 0.676. The fourth-order valence-corrected chi connectivity index (χ4v) is 4.06. The Kier molecular flexibility index (Phi) is 10.3. The molecule has 160 valence electrons. The van der Waals surface area contributed by atoms with Crippen LogP contribution in [0.3, 0.4) is 0 Å². The largest absolute Gasteiger partial charge is 0.497 e. The third kappa shape index (κ3) is 7.87. The average molecular weight is 423 g/mol. The molecule has 2 aromatic rings. The number of aliphatic hydroxyl groups is 2. The summed E-state index contributed by atoms with van der Waals surface area (Å²) >= 11 is 1.64. The lowest BCUT2D eigenvalue weighted by atomic mass is 10.2. The Morgan fingerprint density at radius 1 is 0.897 bits per heavy atom. The molecule has 1 fully saturated rings. The fraction of sp³-hybridized carbons (Fsp3) is 0.455. The van der Waals surface area contributed by atoms with Crippen LogP contribution in [0.2, 0.25) is 0 Å². The van der Waals surface area contributed by atoms with Gasteiger partial charge in [-0.05, 0) is 41.8 Å². The summed E-state index contributed by atoms with van der Waals surface area (Å²) in [5.41, 5.74) is 1.91. The zero-order chi connectivity index (χ0) is 21.1. The summed E-state index contributed by atoms with van der Waals surface area (Å²) in [5.74, 6) is 1.67. The topological polar surface area (TPSA) is 77.4 Å². The van der Waals surface area contributed by atoms with E-state index in [4.69, 9.17) is 24.1 Å². The first-order valence-corrected chi connectivity index (χ1v) is 10.3. The van der Waals surface area contributed by atoms with Crippen molar-refractivity contribution >= 4 is 11.8 Å². The van der Waals surface area contributed by atoms with Crippen molar-refractivity contribution in [1.29, 1.82) is 0 Å². The molecule has 2 aromatic carbocycles. The Balaban J connectivity index is 0.000000253. The summed E-state index contributed by atoms with van der Waals surface area (Å²) in [5, 5.41) is 18.7. The van der Waals surface area contributed by atoms with Gasteiger partial charge in [-0.3, -0.25) is 0 Å². The van der Waals surface area contributed by atoms with Crippen LogP contribution in [0.1, 0.15) is 17.5 Å². The standard InChI is InChI=1S/C14H20O4S.C8H10O2/c1-16-11-5-3-10(4-6-11)8-18-9-12-7-13(15)14(17-2)19-12;1-10-8-4-2-7(6-9)3-5-8/h3-6,12-15H,7-9H2,1-2H3;2-5,9H,6H2,1H3. The molecule has 7 heteroatoms. The van der Waals surface area contributed by atoms with Crippen LogP contribution >= 0.6 is 11.8 Å². The van der Waals surface area contributed by atoms with Crippen molar-refractivity contribution in [3.8, 4) is 11.5 Å². The average Bonchev–Trinajstić information content (AvgIpc) is 3.14. The molecule has 29 heavy (non-hydrogen) atoms. The van der Waals surface area contributed by atoms with Crippen molar-refractivity contribution in [2.24, 2.45) is 0 Å². The van der Waals surface area contributed by atoms with E-state index in [2.05, 4.69) is 0 Å². The highest BCUT2D eigenvalue weighted by molar-refractivity contribution is 8.00. The lowest BCUT2D eigenvalue weighted by Crippen LogP contribution is -2.18. The Labute approximate surface area is 176 Å². The van der Waals surface area contributed by atoms with E-state index in [1.165, 1.54) is 0 Å². The van der Waals surface area contributed by atoms with Gasteiger partial charge in [-0.25, -0.2) is 0 Å². The first-order valence-electron chi connectivity index (χ1n) is 9.40. The van der Waals surface area contributed by atoms with E-state index in [9.17, 15) is 5.11 Å². The first-order chi connectivity index (χ1) is 14.1. The lowest BCUT2D eigenvalue weighted by Gasteiger charge is -2.11. The lowest BCUT2D eigenvalue weighted by molar-refractivity contribution is 0.0424. The summed E-state index contributed by atoms with van der Waals surface area (Å²) in [6.45, 7) is 1.30. The fourth-order valence-electron chi connectivity index (χ4n) is 2.80. The number of hydrogen-bond donors (Lipinski definition) is 2. The van der Waals surface area contributed by atoms with E-state index < -0.39 is 0 Å². The maximum atomic E-state index is 9.72. The number of ether oxygens (including phenoxy) is 4. The summed E-state index contributed by atoms with van der Waals surface area (Å²) < 4.78 is 20.9. The normalized spacial score (nSPS) is 20.7. The molecule has 1 heterocycles. The van der Waals surface area contributed by atoms with Gasteiger partial charge in [-0.1, -0.05) is 24.3 Å². The predicted molar refractivity (Wildman–Crippen MR) is 114 cm³/mol. The van der Waals surface area contributed by atoms with E-state index >= 15 is 0 Å². The van der Waals surface area contributed by atoms with Crippen molar-refractivity contribution in [2.45, 2.75) is 36.4 Å². The highest BCUT2D eigenvalue weighted by Gasteiger charge is 2.33. The zero-order valence-corrected chi connectivity index (χ0v) is 17.9. The number of benzene rings is 2. The number of methoxy groups -OCH3 is 3. The molecule has 6 nitrogen and oxygen atoms in total. The van der Waals surface area contributed by atoms with Gasteiger partial charge in [0.1, 0.15) is 16.9 Å². The van der Waals surface area contributed by atoms with Crippen LogP contribution in [-0.4, -0.2) is 54.9 Å². The molecule has 3 rings (SSSR count). The SMILES string of the molecule is COc1ccc(CO)cc1.COc1ccc(COCC2CC(O)C(OC)S2)cc1. The van der Waals surface area contributed by atoms with Gasteiger partial charge in [0.15, 0.2) is 0 Å². The van der Waals surface area contributed by atoms with E-state index in [0.29, 0.717) is 18.5 Å². The number of thioether (sulfide) groups is 1. The smallest absolute Gasteiger partial charge is 0.129 e. The van der Waals surface area contributed by atoms with Crippen molar-refractivity contribution in [2.75, 3.05) is 27.9 Å². The van der Waals surface area contributed by atoms with Crippen molar-refractivity contribution < 1.29 is 29.2 Å². The van der Waals surface area contributed by atoms with Crippen LogP contribution in [0.4, 0.5) is 0 Å². The Bertz CT molecular complexity index is 668.